The molecule has 0 fully saturated rings. The Morgan fingerprint density at radius 3 is 3.00 bits per heavy atom. The van der Waals surface area contributed by atoms with Gasteiger partial charge in [0.05, 0.1) is 18.7 Å². The van der Waals surface area contributed by atoms with Gasteiger partial charge in [-0.1, -0.05) is 6.07 Å². The lowest BCUT2D eigenvalue weighted by Gasteiger charge is -2.33. The summed E-state index contributed by atoms with van der Waals surface area (Å²) >= 11 is 1.37. The molecule has 3 aromatic rings. The number of rotatable bonds is 2. The van der Waals surface area contributed by atoms with Crippen molar-refractivity contribution in [1.29, 1.82) is 0 Å². The normalized spacial score (nSPS) is 17.0. The van der Waals surface area contributed by atoms with E-state index in [0.717, 1.165) is 16.1 Å². The number of carbonyl (C=O) groups excluding carboxylic acids is 2. The highest BCUT2D eigenvalue weighted by molar-refractivity contribution is 7.10. The molecule has 0 saturated carbocycles. The molecule has 1 aliphatic heterocycles. The zero-order valence-corrected chi connectivity index (χ0v) is 13.7. The minimum absolute atomic E-state index is 0.0908. The van der Waals surface area contributed by atoms with E-state index in [1.807, 2.05) is 31.3 Å². The van der Waals surface area contributed by atoms with Crippen LogP contribution < -0.4 is 5.11 Å². The van der Waals surface area contributed by atoms with Crippen LogP contribution >= 0.6 is 11.3 Å². The van der Waals surface area contributed by atoms with Crippen molar-refractivity contribution in [3.8, 4) is 0 Å². The average molecular weight is 340 g/mol. The lowest BCUT2D eigenvalue weighted by molar-refractivity contribution is -0.255. The lowest BCUT2D eigenvalue weighted by atomic mass is 9.97. The number of carbonyl (C=O) groups is 2. The SMILES string of the molecule is CC1Cc2c(C(=O)[O-])csc2CN1C(=O)c1cnc2ccccn12. The molecule has 1 atom stereocenters. The molecule has 0 radical (unpaired) electrons. The Morgan fingerprint density at radius 2 is 2.21 bits per heavy atom. The van der Waals surface area contributed by atoms with Crippen molar-refractivity contribution < 1.29 is 14.7 Å². The van der Waals surface area contributed by atoms with Crippen LogP contribution in [0.5, 0.6) is 0 Å². The quantitative estimate of drug-likeness (QED) is 0.705. The van der Waals surface area contributed by atoms with Crippen LogP contribution in [0.1, 0.15) is 38.2 Å². The van der Waals surface area contributed by atoms with Gasteiger partial charge in [-0.05, 0) is 31.0 Å². The van der Waals surface area contributed by atoms with Crippen molar-refractivity contribution in [3.05, 3.63) is 57.7 Å². The van der Waals surface area contributed by atoms with E-state index in [1.54, 1.807) is 20.9 Å². The molecule has 1 amide bonds. The molecule has 4 heterocycles. The highest BCUT2D eigenvalue weighted by Gasteiger charge is 2.31. The third-order valence-corrected chi connectivity index (χ3v) is 5.46. The first kappa shape index (κ1) is 14.9. The molecule has 0 aliphatic carbocycles. The fraction of sp³-hybridized carbons (Fsp3) is 0.235. The predicted molar refractivity (Wildman–Crippen MR) is 86.9 cm³/mol. The summed E-state index contributed by atoms with van der Waals surface area (Å²) in [6, 6.07) is 5.49. The highest BCUT2D eigenvalue weighted by Crippen LogP contribution is 2.32. The van der Waals surface area contributed by atoms with E-state index < -0.39 is 5.97 Å². The largest absolute Gasteiger partial charge is 0.545 e. The number of nitrogens with zero attached hydrogens (tertiary/aromatic N) is 3. The van der Waals surface area contributed by atoms with Crippen molar-refractivity contribution in [2.24, 2.45) is 0 Å². The lowest BCUT2D eigenvalue weighted by Crippen LogP contribution is -2.43. The summed E-state index contributed by atoms with van der Waals surface area (Å²) in [5.41, 5.74) is 2.29. The van der Waals surface area contributed by atoms with Gasteiger partial charge in [-0.15, -0.1) is 11.3 Å². The van der Waals surface area contributed by atoms with Crippen LogP contribution in [-0.2, 0) is 13.0 Å². The van der Waals surface area contributed by atoms with Gasteiger partial charge in [0.15, 0.2) is 0 Å². The van der Waals surface area contributed by atoms with Gasteiger partial charge < -0.3 is 14.8 Å². The Kier molecular flexibility index (Phi) is 3.38. The summed E-state index contributed by atoms with van der Waals surface area (Å²) in [4.78, 5) is 31.1. The van der Waals surface area contributed by atoms with Gasteiger partial charge in [-0.2, -0.15) is 0 Å². The van der Waals surface area contributed by atoms with Crippen LogP contribution in [0.4, 0.5) is 0 Å². The van der Waals surface area contributed by atoms with E-state index in [-0.39, 0.29) is 17.5 Å². The van der Waals surface area contributed by atoms with Crippen LogP contribution in [0.25, 0.3) is 5.65 Å². The number of carboxylic acids is 1. The Bertz CT molecular complexity index is 959. The summed E-state index contributed by atoms with van der Waals surface area (Å²) in [7, 11) is 0. The van der Waals surface area contributed by atoms with Crippen LogP contribution in [0.3, 0.4) is 0 Å². The number of aromatic nitrogens is 2. The van der Waals surface area contributed by atoms with E-state index in [9.17, 15) is 14.7 Å². The van der Waals surface area contributed by atoms with Gasteiger partial charge in [0, 0.05) is 28.1 Å². The molecule has 6 nitrogen and oxygen atoms in total. The zero-order chi connectivity index (χ0) is 16.8. The Labute approximate surface area is 142 Å². The van der Waals surface area contributed by atoms with Crippen molar-refractivity contribution in [2.45, 2.75) is 25.9 Å². The Balaban J connectivity index is 1.69. The molecular formula is C17H14N3O3S-. The van der Waals surface area contributed by atoms with Crippen molar-refractivity contribution in [2.75, 3.05) is 0 Å². The summed E-state index contributed by atoms with van der Waals surface area (Å²) in [5, 5.41) is 12.8. The molecule has 7 heteroatoms. The smallest absolute Gasteiger partial charge is 0.273 e. The number of carboxylic acid groups (broad SMARTS) is 1. The number of thiophene rings is 1. The molecule has 1 unspecified atom stereocenters. The average Bonchev–Trinajstić information content (AvgIpc) is 3.17. The van der Waals surface area contributed by atoms with Crippen LogP contribution in [0.2, 0.25) is 0 Å². The van der Waals surface area contributed by atoms with Crippen LogP contribution in [-0.4, -0.2) is 32.2 Å². The van der Waals surface area contributed by atoms with Gasteiger partial charge in [-0.3, -0.25) is 9.20 Å². The maximum Gasteiger partial charge on any atom is 0.273 e. The second kappa shape index (κ2) is 5.45. The number of fused-ring (bicyclic) bond motifs is 2. The van der Waals surface area contributed by atoms with Gasteiger partial charge in [0.2, 0.25) is 0 Å². The highest BCUT2D eigenvalue weighted by atomic mass is 32.1. The minimum Gasteiger partial charge on any atom is -0.545 e. The molecule has 0 saturated heterocycles. The van der Waals surface area contributed by atoms with Gasteiger partial charge in [0.25, 0.3) is 5.91 Å². The summed E-state index contributed by atoms with van der Waals surface area (Å²) < 4.78 is 1.77. The van der Waals surface area contributed by atoms with Gasteiger partial charge in [-0.25, -0.2) is 4.98 Å². The van der Waals surface area contributed by atoms with E-state index in [4.69, 9.17) is 0 Å². The number of pyridine rings is 1. The fourth-order valence-electron chi connectivity index (χ4n) is 3.18. The maximum absolute atomic E-state index is 13.0. The first-order valence-corrected chi connectivity index (χ1v) is 8.48. The minimum atomic E-state index is -1.15. The number of hydrogen-bond acceptors (Lipinski definition) is 5. The zero-order valence-electron chi connectivity index (χ0n) is 12.9. The molecule has 3 aromatic heterocycles. The second-order valence-corrected chi connectivity index (χ2v) is 6.86. The van der Waals surface area contributed by atoms with Crippen LogP contribution in [0.15, 0.2) is 36.0 Å². The first-order valence-electron chi connectivity index (χ1n) is 7.60. The molecule has 4 rings (SSSR count). The maximum atomic E-state index is 13.0. The Morgan fingerprint density at radius 1 is 1.38 bits per heavy atom. The monoisotopic (exact) mass is 340 g/mol. The third-order valence-electron chi connectivity index (χ3n) is 4.44. The second-order valence-electron chi connectivity index (χ2n) is 5.90. The molecule has 0 bridgehead atoms. The number of amides is 1. The standard InChI is InChI=1S/C17H15N3O3S/c1-10-6-11-12(17(22)23)9-24-14(11)8-20(10)16(21)13-7-18-15-4-2-3-5-19(13)15/h2-5,7,9-10H,6,8H2,1H3,(H,22,23)/p-1. The van der Waals surface area contributed by atoms with E-state index in [0.29, 0.717) is 18.7 Å². The van der Waals surface area contributed by atoms with E-state index in [1.165, 1.54) is 11.3 Å². The van der Waals surface area contributed by atoms with Gasteiger partial charge in [0.1, 0.15) is 11.3 Å². The molecule has 0 N–H and O–H groups in total. The third kappa shape index (κ3) is 2.20. The molecule has 1 aliphatic rings. The topological polar surface area (TPSA) is 77.7 Å². The summed E-state index contributed by atoms with van der Waals surface area (Å²) in [5.74, 6) is -1.25. The van der Waals surface area contributed by atoms with Gasteiger partial charge >= 0.3 is 0 Å². The van der Waals surface area contributed by atoms with Crippen LogP contribution in [0, 0.1) is 0 Å². The first-order chi connectivity index (χ1) is 11.6. The van der Waals surface area contributed by atoms with E-state index in [2.05, 4.69) is 4.98 Å². The molecule has 0 spiro atoms. The summed E-state index contributed by atoms with van der Waals surface area (Å²) in [6.45, 7) is 2.34. The molecule has 122 valence electrons. The predicted octanol–water partition coefficient (Wildman–Crippen LogP) is 1.35. The fourth-order valence-corrected chi connectivity index (χ4v) is 4.22. The van der Waals surface area contributed by atoms with Crippen molar-refractivity contribution in [1.82, 2.24) is 14.3 Å². The van der Waals surface area contributed by atoms with Crippen molar-refractivity contribution in [3.63, 3.8) is 0 Å². The number of imidazole rings is 1. The number of hydrogen-bond donors (Lipinski definition) is 0. The van der Waals surface area contributed by atoms with E-state index >= 15 is 0 Å². The Hall–Kier alpha value is -2.67. The molecular weight excluding hydrogens is 326 g/mol. The molecule has 24 heavy (non-hydrogen) atoms. The molecule has 0 aromatic carbocycles. The van der Waals surface area contributed by atoms with Crippen molar-refractivity contribution >= 4 is 28.9 Å². The summed E-state index contributed by atoms with van der Waals surface area (Å²) in [6.07, 6.45) is 3.92. The number of aromatic carboxylic acids is 1.